The van der Waals surface area contributed by atoms with Crippen molar-refractivity contribution in [3.8, 4) is 11.8 Å². The molecule has 1 atom stereocenters. The van der Waals surface area contributed by atoms with E-state index < -0.39 is 0 Å². The summed E-state index contributed by atoms with van der Waals surface area (Å²) in [5.74, 6) is 1.73. The fourth-order valence-corrected chi connectivity index (χ4v) is 2.79. The van der Waals surface area contributed by atoms with Crippen molar-refractivity contribution in [2.24, 2.45) is 0 Å². The number of carbonyl (C=O) groups excluding carboxylic acids is 1. The van der Waals surface area contributed by atoms with Gasteiger partial charge in [0.2, 0.25) is 5.89 Å². The number of nitrogens with zero attached hydrogens (tertiary/aromatic N) is 4. The van der Waals surface area contributed by atoms with Crippen molar-refractivity contribution in [2.75, 3.05) is 19.7 Å². The lowest BCUT2D eigenvalue weighted by molar-refractivity contribution is -0.134. The molecule has 1 saturated heterocycles. The third-order valence-corrected chi connectivity index (χ3v) is 4.01. The van der Waals surface area contributed by atoms with Gasteiger partial charge in [0.05, 0.1) is 11.6 Å². The van der Waals surface area contributed by atoms with Gasteiger partial charge >= 0.3 is 0 Å². The maximum absolute atomic E-state index is 12.4. The fourth-order valence-electron chi connectivity index (χ4n) is 2.79. The Bertz CT molecular complexity index is 765. The first-order chi connectivity index (χ1) is 11.7. The number of nitriles is 1. The summed E-state index contributed by atoms with van der Waals surface area (Å²) in [5, 5.41) is 12.8. The molecule has 7 nitrogen and oxygen atoms in total. The maximum Gasteiger partial charge on any atom is 0.260 e. The van der Waals surface area contributed by atoms with Gasteiger partial charge < -0.3 is 14.2 Å². The van der Waals surface area contributed by atoms with Crippen LogP contribution in [-0.4, -0.2) is 40.6 Å². The first-order valence-corrected chi connectivity index (χ1v) is 7.86. The highest BCUT2D eigenvalue weighted by Crippen LogP contribution is 2.25. The number of benzene rings is 1. The van der Waals surface area contributed by atoms with Gasteiger partial charge in [-0.15, -0.1) is 0 Å². The number of carbonyl (C=O) groups is 1. The summed E-state index contributed by atoms with van der Waals surface area (Å²) in [5.41, 5.74) is 0.505. The predicted molar refractivity (Wildman–Crippen MR) is 84.2 cm³/mol. The van der Waals surface area contributed by atoms with Gasteiger partial charge in [0.25, 0.3) is 5.91 Å². The summed E-state index contributed by atoms with van der Waals surface area (Å²) in [4.78, 5) is 18.4. The molecule has 2 aromatic rings. The van der Waals surface area contributed by atoms with Crippen LogP contribution in [0.15, 0.2) is 28.8 Å². The molecule has 1 aliphatic heterocycles. The molecule has 24 heavy (non-hydrogen) atoms. The smallest absolute Gasteiger partial charge is 0.260 e. The van der Waals surface area contributed by atoms with E-state index in [-0.39, 0.29) is 18.4 Å². The standard InChI is InChI=1S/C17H18N4O3/c1-12-19-17(20-24-12)14-5-3-7-21(10-14)16(22)11-23-15-6-2-4-13(8-15)9-18/h2,4,6,8,14H,3,5,7,10-11H2,1H3. The SMILES string of the molecule is Cc1nc(C2CCCN(C(=O)COc3cccc(C#N)c3)C2)no1. The van der Waals surface area contributed by atoms with Gasteiger partial charge in [-0.25, -0.2) is 0 Å². The van der Waals surface area contributed by atoms with Gasteiger partial charge in [0.15, 0.2) is 12.4 Å². The quantitative estimate of drug-likeness (QED) is 0.853. The number of likely N-dealkylation sites (tertiary alicyclic amines) is 1. The summed E-state index contributed by atoms with van der Waals surface area (Å²) in [6.07, 6.45) is 1.84. The minimum absolute atomic E-state index is 0.0487. The van der Waals surface area contributed by atoms with Gasteiger partial charge in [0, 0.05) is 25.9 Å². The van der Waals surface area contributed by atoms with Crippen molar-refractivity contribution in [1.29, 1.82) is 5.26 Å². The normalized spacial score (nSPS) is 17.3. The molecule has 1 amide bonds. The monoisotopic (exact) mass is 326 g/mol. The summed E-state index contributed by atoms with van der Waals surface area (Å²) in [7, 11) is 0. The van der Waals surface area contributed by atoms with E-state index in [1.165, 1.54) is 0 Å². The summed E-state index contributed by atoms with van der Waals surface area (Å²) < 4.78 is 10.5. The number of aromatic nitrogens is 2. The first kappa shape index (κ1) is 16.0. The highest BCUT2D eigenvalue weighted by Gasteiger charge is 2.27. The molecule has 7 heteroatoms. The molecule has 2 heterocycles. The zero-order valence-corrected chi connectivity index (χ0v) is 13.4. The van der Waals surface area contributed by atoms with Crippen molar-refractivity contribution in [3.05, 3.63) is 41.5 Å². The molecule has 1 aliphatic rings. The zero-order chi connectivity index (χ0) is 16.9. The molecular formula is C17H18N4O3. The first-order valence-electron chi connectivity index (χ1n) is 7.86. The second-order valence-corrected chi connectivity index (χ2v) is 5.78. The molecular weight excluding hydrogens is 308 g/mol. The summed E-state index contributed by atoms with van der Waals surface area (Å²) in [6, 6.07) is 8.82. The largest absolute Gasteiger partial charge is 0.484 e. The Morgan fingerprint density at radius 3 is 3.17 bits per heavy atom. The van der Waals surface area contributed by atoms with Crippen LogP contribution in [0.25, 0.3) is 0 Å². The number of amides is 1. The molecule has 0 radical (unpaired) electrons. The average molecular weight is 326 g/mol. The molecule has 0 saturated carbocycles. The van der Waals surface area contributed by atoms with Crippen LogP contribution in [-0.2, 0) is 4.79 Å². The highest BCUT2D eigenvalue weighted by molar-refractivity contribution is 5.78. The minimum Gasteiger partial charge on any atom is -0.484 e. The Morgan fingerprint density at radius 1 is 1.54 bits per heavy atom. The average Bonchev–Trinajstić information content (AvgIpc) is 3.06. The van der Waals surface area contributed by atoms with Crippen LogP contribution in [0.1, 0.15) is 36.0 Å². The fraction of sp³-hybridized carbons (Fsp3) is 0.412. The van der Waals surface area contributed by atoms with Crippen LogP contribution in [0, 0.1) is 18.3 Å². The van der Waals surface area contributed by atoms with Crippen LogP contribution in [0.3, 0.4) is 0 Å². The maximum atomic E-state index is 12.4. The Hall–Kier alpha value is -2.88. The number of hydrogen-bond acceptors (Lipinski definition) is 6. The zero-order valence-electron chi connectivity index (χ0n) is 13.4. The van der Waals surface area contributed by atoms with E-state index in [2.05, 4.69) is 10.1 Å². The van der Waals surface area contributed by atoms with Crippen molar-refractivity contribution < 1.29 is 14.1 Å². The van der Waals surface area contributed by atoms with E-state index in [0.717, 1.165) is 12.8 Å². The molecule has 0 aliphatic carbocycles. The van der Waals surface area contributed by atoms with Crippen molar-refractivity contribution in [1.82, 2.24) is 15.0 Å². The topological polar surface area (TPSA) is 92.2 Å². The molecule has 1 aromatic heterocycles. The Morgan fingerprint density at radius 2 is 2.42 bits per heavy atom. The lowest BCUT2D eigenvalue weighted by Crippen LogP contribution is -2.41. The molecule has 1 aromatic carbocycles. The molecule has 0 N–H and O–H groups in total. The molecule has 1 unspecified atom stereocenters. The Labute approximate surface area is 139 Å². The van der Waals surface area contributed by atoms with Crippen LogP contribution < -0.4 is 4.74 Å². The van der Waals surface area contributed by atoms with E-state index >= 15 is 0 Å². The molecule has 0 bridgehead atoms. The van der Waals surface area contributed by atoms with Gasteiger partial charge in [-0.3, -0.25) is 4.79 Å². The lowest BCUT2D eigenvalue weighted by Gasteiger charge is -2.31. The van der Waals surface area contributed by atoms with E-state index in [1.54, 1.807) is 36.1 Å². The number of rotatable bonds is 4. The molecule has 124 valence electrons. The summed E-state index contributed by atoms with van der Waals surface area (Å²) >= 11 is 0. The van der Waals surface area contributed by atoms with Crippen LogP contribution >= 0.6 is 0 Å². The van der Waals surface area contributed by atoms with Crippen molar-refractivity contribution in [2.45, 2.75) is 25.7 Å². The Kier molecular flexibility index (Phi) is 4.75. The van der Waals surface area contributed by atoms with Crippen molar-refractivity contribution >= 4 is 5.91 Å². The van der Waals surface area contributed by atoms with E-state index in [9.17, 15) is 4.79 Å². The molecule has 3 rings (SSSR count). The van der Waals surface area contributed by atoms with Gasteiger partial charge in [-0.05, 0) is 31.0 Å². The number of ether oxygens (including phenoxy) is 1. The number of hydrogen-bond donors (Lipinski definition) is 0. The van der Waals surface area contributed by atoms with Crippen molar-refractivity contribution in [3.63, 3.8) is 0 Å². The van der Waals surface area contributed by atoms with Gasteiger partial charge in [-0.1, -0.05) is 11.2 Å². The summed E-state index contributed by atoms with van der Waals surface area (Å²) in [6.45, 7) is 2.98. The highest BCUT2D eigenvalue weighted by atomic mass is 16.5. The van der Waals surface area contributed by atoms with E-state index in [1.807, 2.05) is 6.07 Å². The minimum atomic E-state index is -0.0812. The number of piperidine rings is 1. The van der Waals surface area contributed by atoms with Crippen LogP contribution in [0.5, 0.6) is 5.75 Å². The second kappa shape index (κ2) is 7.13. The molecule has 0 spiro atoms. The molecule has 1 fully saturated rings. The van der Waals surface area contributed by atoms with Crippen LogP contribution in [0.4, 0.5) is 0 Å². The third-order valence-electron chi connectivity index (χ3n) is 4.01. The second-order valence-electron chi connectivity index (χ2n) is 5.78. The van der Waals surface area contributed by atoms with Gasteiger partial charge in [-0.2, -0.15) is 10.2 Å². The lowest BCUT2D eigenvalue weighted by atomic mass is 9.97. The van der Waals surface area contributed by atoms with E-state index in [0.29, 0.717) is 36.1 Å². The van der Waals surface area contributed by atoms with Gasteiger partial charge in [0.1, 0.15) is 5.75 Å². The predicted octanol–water partition coefficient (Wildman–Crippen LogP) is 2.03. The van der Waals surface area contributed by atoms with Crippen LogP contribution in [0.2, 0.25) is 0 Å². The van der Waals surface area contributed by atoms with E-state index in [4.69, 9.17) is 14.5 Å². The third kappa shape index (κ3) is 3.71. The number of aryl methyl sites for hydroxylation is 1. The Balaban J connectivity index is 1.57.